The highest BCUT2D eigenvalue weighted by Gasteiger charge is 2.31. The van der Waals surface area contributed by atoms with Gasteiger partial charge in [0.15, 0.2) is 10.8 Å². The summed E-state index contributed by atoms with van der Waals surface area (Å²) in [5, 5.41) is 10.2. The summed E-state index contributed by atoms with van der Waals surface area (Å²) < 4.78 is 5.51. The minimum atomic E-state index is -0.115. The quantitative estimate of drug-likeness (QED) is 0.613. The van der Waals surface area contributed by atoms with Gasteiger partial charge < -0.3 is 9.32 Å². The molecule has 1 aliphatic rings. The van der Waals surface area contributed by atoms with Crippen LogP contribution < -0.4 is 0 Å². The van der Waals surface area contributed by atoms with Gasteiger partial charge in [-0.1, -0.05) is 44.2 Å². The minimum absolute atomic E-state index is 0.0122. The molecule has 1 aromatic carbocycles. The molecule has 1 fully saturated rings. The predicted molar refractivity (Wildman–Crippen MR) is 117 cm³/mol. The van der Waals surface area contributed by atoms with Gasteiger partial charge in [0.1, 0.15) is 10.9 Å². The minimum Gasteiger partial charge on any atom is -0.462 e. The van der Waals surface area contributed by atoms with E-state index in [-0.39, 0.29) is 17.9 Å². The van der Waals surface area contributed by atoms with E-state index in [0.717, 1.165) is 5.56 Å². The van der Waals surface area contributed by atoms with Crippen LogP contribution in [-0.4, -0.2) is 52.9 Å². The summed E-state index contributed by atoms with van der Waals surface area (Å²) in [6.07, 6.45) is 1.61. The number of carbonyl (C=O) groups excluding carboxylic acids is 1. The van der Waals surface area contributed by atoms with E-state index in [4.69, 9.17) is 9.40 Å². The molecule has 7 heteroatoms. The number of hydrogen-bond donors (Lipinski definition) is 0. The van der Waals surface area contributed by atoms with Gasteiger partial charge in [0.25, 0.3) is 5.91 Å². The van der Waals surface area contributed by atoms with Gasteiger partial charge in [-0.05, 0) is 18.1 Å². The number of rotatable bonds is 5. The van der Waals surface area contributed by atoms with Crippen molar-refractivity contribution in [1.82, 2.24) is 14.8 Å². The van der Waals surface area contributed by atoms with Crippen LogP contribution in [0.15, 0.2) is 53.1 Å². The molecule has 0 N–H and O–H groups in total. The zero-order valence-electron chi connectivity index (χ0n) is 17.1. The van der Waals surface area contributed by atoms with Crippen molar-refractivity contribution in [3.63, 3.8) is 0 Å². The fraction of sp³-hybridized carbons (Fsp3) is 0.348. The Bertz CT molecular complexity index is 1030. The maximum atomic E-state index is 13.4. The fourth-order valence-corrected chi connectivity index (χ4v) is 4.79. The molecule has 1 unspecified atom stereocenters. The first-order chi connectivity index (χ1) is 14.6. The van der Waals surface area contributed by atoms with Gasteiger partial charge >= 0.3 is 0 Å². The lowest BCUT2D eigenvalue weighted by Crippen LogP contribution is -2.52. The van der Waals surface area contributed by atoms with Gasteiger partial charge in [-0.3, -0.25) is 9.69 Å². The zero-order chi connectivity index (χ0) is 21.1. The predicted octanol–water partition coefficient (Wildman–Crippen LogP) is 4.38. The highest BCUT2D eigenvalue weighted by molar-refractivity contribution is 7.17. The Morgan fingerprint density at radius 3 is 2.47 bits per heavy atom. The van der Waals surface area contributed by atoms with Crippen molar-refractivity contribution in [2.45, 2.75) is 19.9 Å². The highest BCUT2D eigenvalue weighted by atomic mass is 32.1. The molecule has 0 aliphatic carbocycles. The lowest BCUT2D eigenvalue weighted by atomic mass is 10.0. The smallest absolute Gasteiger partial charge is 0.266 e. The molecule has 1 saturated heterocycles. The average molecular weight is 421 g/mol. The number of nitriles is 1. The molecule has 3 heterocycles. The molecule has 3 aromatic rings. The Hall–Kier alpha value is -2.95. The Morgan fingerprint density at radius 1 is 1.13 bits per heavy atom. The molecule has 6 nitrogen and oxygen atoms in total. The van der Waals surface area contributed by atoms with E-state index in [1.165, 1.54) is 11.3 Å². The molecule has 0 bridgehead atoms. The number of carbonyl (C=O) groups is 1. The van der Waals surface area contributed by atoms with E-state index in [0.29, 0.717) is 47.5 Å². The average Bonchev–Trinajstić information content (AvgIpc) is 3.45. The summed E-state index contributed by atoms with van der Waals surface area (Å²) in [5.41, 5.74) is 1.61. The Balaban J connectivity index is 1.59. The summed E-state index contributed by atoms with van der Waals surface area (Å²) >= 11 is 1.37. The molecular formula is C23H24N4O2S. The topological polar surface area (TPSA) is 73.4 Å². The molecule has 154 valence electrons. The second kappa shape index (κ2) is 8.82. The highest BCUT2D eigenvalue weighted by Crippen LogP contribution is 2.35. The van der Waals surface area contributed by atoms with E-state index in [1.807, 2.05) is 47.4 Å². The second-order valence-electron chi connectivity index (χ2n) is 7.69. The van der Waals surface area contributed by atoms with Gasteiger partial charge in [-0.25, -0.2) is 4.98 Å². The molecule has 1 atom stereocenters. The Morgan fingerprint density at radius 2 is 1.87 bits per heavy atom. The third kappa shape index (κ3) is 4.02. The molecule has 1 aliphatic heterocycles. The molecule has 2 aromatic heterocycles. The summed E-state index contributed by atoms with van der Waals surface area (Å²) in [6, 6.07) is 15.7. The summed E-state index contributed by atoms with van der Waals surface area (Å²) in [6.45, 7) is 6.73. The van der Waals surface area contributed by atoms with Crippen LogP contribution in [0.25, 0.3) is 22.0 Å². The lowest BCUT2D eigenvalue weighted by Gasteiger charge is -2.38. The maximum Gasteiger partial charge on any atom is 0.266 e. The fourth-order valence-electron chi connectivity index (χ4n) is 3.76. The van der Waals surface area contributed by atoms with Crippen molar-refractivity contribution in [3.05, 3.63) is 53.6 Å². The Kier molecular flexibility index (Phi) is 5.98. The molecule has 0 radical (unpaired) electrons. The molecule has 30 heavy (non-hydrogen) atoms. The van der Waals surface area contributed by atoms with Crippen LogP contribution in [0.2, 0.25) is 0 Å². The standard InChI is InChI=1S/C23H24N4O2S/c1-16(2)18(15-24)26-10-12-27(13-11-26)23(28)21-20(17-7-4-3-5-8-17)25-22(30-21)19-9-6-14-29-19/h3-9,14,16,18H,10-13H2,1-2H3. The van der Waals surface area contributed by atoms with Crippen molar-refractivity contribution in [2.24, 2.45) is 5.92 Å². The van der Waals surface area contributed by atoms with Gasteiger partial charge in [-0.15, -0.1) is 11.3 Å². The number of hydrogen-bond acceptors (Lipinski definition) is 6. The summed E-state index contributed by atoms with van der Waals surface area (Å²) in [5.74, 6) is 0.913. The third-order valence-electron chi connectivity index (χ3n) is 5.36. The molecule has 0 spiro atoms. The molecular weight excluding hydrogens is 396 g/mol. The number of amides is 1. The van der Waals surface area contributed by atoms with E-state index in [9.17, 15) is 10.1 Å². The third-order valence-corrected chi connectivity index (χ3v) is 6.42. The van der Waals surface area contributed by atoms with Gasteiger partial charge in [0.05, 0.1) is 18.0 Å². The zero-order valence-corrected chi connectivity index (χ0v) is 17.9. The summed E-state index contributed by atoms with van der Waals surface area (Å²) in [4.78, 5) is 22.9. The lowest BCUT2D eigenvalue weighted by molar-refractivity contribution is 0.0581. The number of nitrogens with zero attached hydrogens (tertiary/aromatic N) is 4. The van der Waals surface area contributed by atoms with Crippen LogP contribution in [0, 0.1) is 17.2 Å². The number of aromatic nitrogens is 1. The van der Waals surface area contributed by atoms with Crippen LogP contribution in [-0.2, 0) is 0 Å². The molecule has 1 amide bonds. The van der Waals surface area contributed by atoms with Gasteiger partial charge in [0.2, 0.25) is 0 Å². The monoisotopic (exact) mass is 420 g/mol. The largest absolute Gasteiger partial charge is 0.462 e. The first-order valence-corrected chi connectivity index (χ1v) is 10.9. The SMILES string of the molecule is CC(C)C(C#N)N1CCN(C(=O)c2sc(-c3ccco3)nc2-c2ccccc2)CC1. The van der Waals surface area contributed by atoms with Crippen molar-refractivity contribution in [3.8, 4) is 28.1 Å². The first-order valence-electron chi connectivity index (χ1n) is 10.1. The van der Waals surface area contributed by atoms with Gasteiger partial charge in [-0.2, -0.15) is 5.26 Å². The van der Waals surface area contributed by atoms with E-state index >= 15 is 0 Å². The van der Waals surface area contributed by atoms with Crippen LogP contribution in [0.1, 0.15) is 23.5 Å². The number of piperazine rings is 1. The van der Waals surface area contributed by atoms with Crippen LogP contribution in [0.4, 0.5) is 0 Å². The summed E-state index contributed by atoms with van der Waals surface area (Å²) in [7, 11) is 0. The van der Waals surface area contributed by atoms with Crippen LogP contribution >= 0.6 is 11.3 Å². The van der Waals surface area contributed by atoms with E-state index in [2.05, 4.69) is 24.8 Å². The number of benzene rings is 1. The number of thiazole rings is 1. The van der Waals surface area contributed by atoms with Crippen molar-refractivity contribution >= 4 is 17.2 Å². The molecule has 0 saturated carbocycles. The van der Waals surface area contributed by atoms with Crippen molar-refractivity contribution in [1.29, 1.82) is 5.26 Å². The second-order valence-corrected chi connectivity index (χ2v) is 8.69. The van der Waals surface area contributed by atoms with Crippen LogP contribution in [0.3, 0.4) is 0 Å². The van der Waals surface area contributed by atoms with Crippen LogP contribution in [0.5, 0.6) is 0 Å². The first kappa shape index (κ1) is 20.3. The molecule has 4 rings (SSSR count). The number of furan rings is 1. The van der Waals surface area contributed by atoms with Crippen molar-refractivity contribution < 1.29 is 9.21 Å². The van der Waals surface area contributed by atoms with Gasteiger partial charge in [0, 0.05) is 31.7 Å². The van der Waals surface area contributed by atoms with E-state index < -0.39 is 0 Å². The Labute approximate surface area is 180 Å². The normalized spacial score (nSPS) is 15.9. The van der Waals surface area contributed by atoms with E-state index in [1.54, 1.807) is 6.26 Å². The van der Waals surface area contributed by atoms with Crippen molar-refractivity contribution in [2.75, 3.05) is 26.2 Å². The maximum absolute atomic E-state index is 13.4.